The van der Waals surface area contributed by atoms with E-state index in [1.165, 1.54) is 87.5 Å². The van der Waals surface area contributed by atoms with Crippen molar-refractivity contribution < 1.29 is 4.12 Å². The fraction of sp³-hybridized carbons (Fsp3) is 0.667. The molecular formula is C72H116OSi2. The standard InChI is InChI=1S/C72H116OSi2/c1-61(2,3)45-37-41-49(65(13,14)15)57(53(45)69(25,26)27)74(58-50(66(16,17)18)42-38-46(62(4,5)6)54(58)70(28,29)30)73-75(59-51(67(19,20)21)43-39-47(63(7,8)9)55(59)71(31,32)33)60-52(68(22,23)24)44-40-48(64(10,11)12)56(60)72(34,35)36/h37-44H,1-36H3. The Labute approximate surface area is 469 Å². The zero-order valence-electron chi connectivity index (χ0n) is 56.0. The molecule has 0 atom stereocenters. The molecule has 0 aromatic heterocycles. The summed E-state index contributed by atoms with van der Waals surface area (Å²) in [4.78, 5) is 0. The first-order chi connectivity index (χ1) is 32.9. The Kier molecular flexibility index (Phi) is 17.4. The van der Waals surface area contributed by atoms with Crippen molar-refractivity contribution in [2.75, 3.05) is 0 Å². The van der Waals surface area contributed by atoms with E-state index in [-0.39, 0.29) is 65.0 Å². The molecule has 0 unspecified atom stereocenters. The number of hydrogen-bond donors (Lipinski definition) is 0. The van der Waals surface area contributed by atoms with Crippen LogP contribution in [0.3, 0.4) is 0 Å². The molecule has 0 saturated heterocycles. The van der Waals surface area contributed by atoms with Crippen molar-refractivity contribution in [1.29, 1.82) is 0 Å². The summed E-state index contributed by atoms with van der Waals surface area (Å²) in [5, 5.41) is 5.89. The SMILES string of the molecule is CC(C)(C)c1ccc(C(C)(C)C)c(C(C)(C)C)c1[Si](O[Si](c1c(C(C)(C)C)ccc(C(C)(C)C)c1C(C)(C)C)c1c(C(C)(C)C)ccc(C(C)(C)C)c1C(C)(C)C)c1c(C(C)(C)C)ccc(C(C)(C)C)c1C(C)(C)C. The molecule has 1 nitrogen and oxygen atoms in total. The maximum Gasteiger partial charge on any atom is 0.273 e. The summed E-state index contributed by atoms with van der Waals surface area (Å²) in [7, 11) is -4.60. The van der Waals surface area contributed by atoms with Gasteiger partial charge in [-0.25, -0.2) is 0 Å². The van der Waals surface area contributed by atoms with Gasteiger partial charge in [-0.15, -0.1) is 0 Å². The van der Waals surface area contributed by atoms with Crippen LogP contribution in [0.15, 0.2) is 48.5 Å². The predicted molar refractivity (Wildman–Crippen MR) is 341 cm³/mol. The largest absolute Gasteiger partial charge is 0.442 e. The van der Waals surface area contributed by atoms with Crippen molar-refractivity contribution in [3.8, 4) is 0 Å². The Hall–Kier alpha value is -2.73. The molecule has 0 heterocycles. The third-order valence-corrected chi connectivity index (χ3v) is 20.9. The highest BCUT2D eigenvalue weighted by molar-refractivity contribution is 6.93. The summed E-state index contributed by atoms with van der Waals surface area (Å²) in [5.74, 6) is 0. The lowest BCUT2D eigenvalue weighted by atomic mass is 9.72. The van der Waals surface area contributed by atoms with E-state index < -0.39 is 18.1 Å². The van der Waals surface area contributed by atoms with Crippen LogP contribution in [0, 0.1) is 0 Å². The fourth-order valence-electron chi connectivity index (χ4n) is 12.0. The molecule has 4 aromatic rings. The van der Waals surface area contributed by atoms with Gasteiger partial charge in [0.15, 0.2) is 0 Å². The number of hydrogen-bond acceptors (Lipinski definition) is 1. The molecule has 0 amide bonds. The summed E-state index contributed by atoms with van der Waals surface area (Å²) < 4.78 is 9.56. The lowest BCUT2D eigenvalue weighted by molar-refractivity contribution is 0.516. The van der Waals surface area contributed by atoms with Gasteiger partial charge in [-0.1, -0.05) is 298 Å². The van der Waals surface area contributed by atoms with Gasteiger partial charge >= 0.3 is 0 Å². The molecule has 0 spiro atoms. The van der Waals surface area contributed by atoms with Crippen molar-refractivity contribution in [3.63, 3.8) is 0 Å². The maximum absolute atomic E-state index is 9.56. The zero-order valence-corrected chi connectivity index (χ0v) is 58.0. The van der Waals surface area contributed by atoms with Gasteiger partial charge in [0.05, 0.1) is 0 Å². The summed E-state index contributed by atoms with van der Waals surface area (Å²) in [5.41, 5.74) is 15.2. The molecule has 2 radical (unpaired) electrons. The van der Waals surface area contributed by atoms with Crippen molar-refractivity contribution in [2.24, 2.45) is 0 Å². The van der Waals surface area contributed by atoms with E-state index in [1.54, 1.807) is 0 Å². The van der Waals surface area contributed by atoms with E-state index in [1.807, 2.05) is 0 Å². The Balaban J connectivity index is 2.85. The summed E-state index contributed by atoms with van der Waals surface area (Å²) in [6.45, 7) is 88.7. The zero-order chi connectivity index (χ0) is 58.8. The molecule has 75 heavy (non-hydrogen) atoms. The van der Waals surface area contributed by atoms with Crippen LogP contribution in [0.2, 0.25) is 0 Å². The van der Waals surface area contributed by atoms with E-state index in [0.717, 1.165) is 0 Å². The van der Waals surface area contributed by atoms with E-state index in [2.05, 4.69) is 298 Å². The third kappa shape index (κ3) is 13.8. The van der Waals surface area contributed by atoms with Crippen LogP contribution in [-0.4, -0.2) is 18.1 Å². The van der Waals surface area contributed by atoms with Crippen molar-refractivity contribution in [3.05, 3.63) is 115 Å². The average Bonchev–Trinajstić information content (AvgIpc) is 3.15. The van der Waals surface area contributed by atoms with Gasteiger partial charge in [-0.3, -0.25) is 0 Å². The van der Waals surface area contributed by atoms with Gasteiger partial charge in [0, 0.05) is 0 Å². The lowest BCUT2D eigenvalue weighted by Crippen LogP contribution is -2.64. The molecule has 0 N–H and O–H groups in total. The minimum atomic E-state index is -2.30. The molecule has 3 heteroatoms. The monoisotopic (exact) mass is 1050 g/mol. The Bertz CT molecular complexity index is 2330. The Morgan fingerprint density at radius 1 is 0.187 bits per heavy atom. The quantitative estimate of drug-likeness (QED) is 0.175. The summed E-state index contributed by atoms with van der Waals surface area (Å²) in [6.07, 6.45) is 0. The Morgan fingerprint density at radius 3 is 0.413 bits per heavy atom. The van der Waals surface area contributed by atoms with Crippen LogP contribution in [0.1, 0.15) is 316 Å². The fourth-order valence-corrected chi connectivity index (χ4v) is 20.7. The Morgan fingerprint density at radius 2 is 0.307 bits per heavy atom. The van der Waals surface area contributed by atoms with Gasteiger partial charge < -0.3 is 4.12 Å². The molecule has 0 fully saturated rings. The first kappa shape index (κ1) is 64.8. The van der Waals surface area contributed by atoms with E-state index in [4.69, 9.17) is 0 Å². The van der Waals surface area contributed by atoms with E-state index in [0.29, 0.717) is 0 Å². The highest BCUT2D eigenvalue weighted by atomic mass is 28.4. The van der Waals surface area contributed by atoms with Crippen LogP contribution < -0.4 is 20.7 Å². The van der Waals surface area contributed by atoms with E-state index >= 15 is 0 Å². The highest BCUT2D eigenvalue weighted by Crippen LogP contribution is 2.44. The first-order valence-corrected chi connectivity index (χ1v) is 31.9. The van der Waals surface area contributed by atoms with Gasteiger partial charge in [-0.2, -0.15) is 0 Å². The molecule has 0 aliphatic carbocycles. The van der Waals surface area contributed by atoms with Gasteiger partial charge in [0.25, 0.3) is 18.1 Å². The van der Waals surface area contributed by atoms with Crippen LogP contribution in [0.4, 0.5) is 0 Å². The second-order valence-electron chi connectivity index (χ2n) is 35.4. The van der Waals surface area contributed by atoms with Crippen molar-refractivity contribution >= 4 is 38.8 Å². The van der Waals surface area contributed by atoms with Crippen LogP contribution in [-0.2, 0) is 69.1 Å². The number of benzene rings is 4. The van der Waals surface area contributed by atoms with Crippen LogP contribution in [0.5, 0.6) is 0 Å². The minimum absolute atomic E-state index is 0.124. The van der Waals surface area contributed by atoms with E-state index in [9.17, 15) is 4.12 Å². The minimum Gasteiger partial charge on any atom is -0.442 e. The van der Waals surface area contributed by atoms with Crippen molar-refractivity contribution in [1.82, 2.24) is 0 Å². The number of rotatable bonds is 6. The second-order valence-corrected chi connectivity index (χ2v) is 39.5. The molecule has 0 aliphatic heterocycles. The second kappa shape index (κ2) is 20.1. The summed E-state index contributed by atoms with van der Waals surface area (Å²) in [6, 6.07) is 20.3. The van der Waals surface area contributed by atoms with Gasteiger partial charge in [-0.05, 0) is 152 Å². The lowest BCUT2D eigenvalue weighted by Gasteiger charge is -2.45. The predicted octanol–water partition coefficient (Wildman–Crippen LogP) is 18.2. The van der Waals surface area contributed by atoms with Gasteiger partial charge in [0.2, 0.25) is 0 Å². The molecule has 0 aliphatic rings. The molecule has 0 saturated carbocycles. The molecule has 4 rings (SSSR count). The normalized spacial score (nSPS) is 14.7. The van der Waals surface area contributed by atoms with Crippen LogP contribution in [0.25, 0.3) is 0 Å². The average molecular weight is 1050 g/mol. The van der Waals surface area contributed by atoms with Crippen molar-refractivity contribution in [2.45, 2.75) is 314 Å². The maximum atomic E-state index is 9.56. The highest BCUT2D eigenvalue weighted by Gasteiger charge is 2.49. The van der Waals surface area contributed by atoms with Gasteiger partial charge in [0.1, 0.15) is 0 Å². The molecular weight excluding hydrogens is 937 g/mol. The third-order valence-electron chi connectivity index (χ3n) is 15.4. The molecule has 418 valence electrons. The first-order valence-electron chi connectivity index (χ1n) is 29.1. The van der Waals surface area contributed by atoms with Crippen LogP contribution >= 0.6 is 0 Å². The summed E-state index contributed by atoms with van der Waals surface area (Å²) >= 11 is 0. The molecule has 0 bridgehead atoms. The topological polar surface area (TPSA) is 9.23 Å². The molecule has 4 aromatic carbocycles. The smallest absolute Gasteiger partial charge is 0.273 e.